The van der Waals surface area contributed by atoms with Crippen LogP contribution in [0.1, 0.15) is 29.6 Å². The van der Waals surface area contributed by atoms with Crippen LogP contribution in [-0.2, 0) is 4.74 Å². The molecule has 0 atom stereocenters. The predicted octanol–water partition coefficient (Wildman–Crippen LogP) is 5.86. The van der Waals surface area contributed by atoms with E-state index in [1.165, 1.54) is 39.5 Å². The maximum Gasteiger partial charge on any atom is 0.337 e. The molecule has 1 aromatic heterocycles. The number of likely N-dealkylation sites (tertiary alicyclic amines) is 1. The number of hydrogen-bond donors (Lipinski definition) is 0. The standard InChI is InChI=1S/C30H31N3O3/c1-35-30(34)25-12-10-24(11-13-25)29-22-28(31-33(29)26-8-4-2-5-9-26)23-14-16-27(17-15-23)36-21-20-32-18-6-3-7-19-32/h2,4-5,8-17,22H,3,6-7,18-21H2,1H3. The lowest BCUT2D eigenvalue weighted by Gasteiger charge is -2.26. The highest BCUT2D eigenvalue weighted by molar-refractivity contribution is 5.90. The van der Waals surface area contributed by atoms with Gasteiger partial charge in [0.2, 0.25) is 0 Å². The molecule has 5 rings (SSSR count). The van der Waals surface area contributed by atoms with E-state index in [1.54, 1.807) is 12.1 Å². The summed E-state index contributed by atoms with van der Waals surface area (Å²) in [6, 6.07) is 27.6. The minimum absolute atomic E-state index is 0.350. The first-order valence-electron chi connectivity index (χ1n) is 12.5. The van der Waals surface area contributed by atoms with Gasteiger partial charge in [-0.15, -0.1) is 0 Å². The number of aromatic nitrogens is 2. The number of rotatable bonds is 8. The van der Waals surface area contributed by atoms with Crippen LogP contribution in [-0.4, -0.2) is 54.0 Å². The fourth-order valence-electron chi connectivity index (χ4n) is 4.59. The molecule has 4 aromatic rings. The topological polar surface area (TPSA) is 56.6 Å². The first kappa shape index (κ1) is 23.8. The summed E-state index contributed by atoms with van der Waals surface area (Å²) in [4.78, 5) is 14.3. The van der Waals surface area contributed by atoms with Crippen LogP contribution in [0.2, 0.25) is 0 Å². The van der Waals surface area contributed by atoms with Gasteiger partial charge in [0.25, 0.3) is 0 Å². The van der Waals surface area contributed by atoms with Gasteiger partial charge in [-0.05, 0) is 80.5 Å². The largest absolute Gasteiger partial charge is 0.492 e. The van der Waals surface area contributed by atoms with Crippen molar-refractivity contribution in [2.45, 2.75) is 19.3 Å². The maximum absolute atomic E-state index is 11.9. The van der Waals surface area contributed by atoms with Crippen molar-refractivity contribution in [3.8, 4) is 34.0 Å². The van der Waals surface area contributed by atoms with E-state index >= 15 is 0 Å². The van der Waals surface area contributed by atoms with Gasteiger partial charge in [0.1, 0.15) is 12.4 Å². The number of para-hydroxylation sites is 1. The molecule has 0 unspecified atom stereocenters. The fourth-order valence-corrected chi connectivity index (χ4v) is 4.59. The second kappa shape index (κ2) is 11.2. The van der Waals surface area contributed by atoms with Crippen molar-refractivity contribution in [2.24, 2.45) is 0 Å². The summed E-state index contributed by atoms with van der Waals surface area (Å²) in [5, 5.41) is 4.93. The van der Waals surface area contributed by atoms with E-state index < -0.39 is 0 Å². The van der Waals surface area contributed by atoms with Crippen LogP contribution in [0.4, 0.5) is 0 Å². The molecule has 36 heavy (non-hydrogen) atoms. The molecule has 3 aromatic carbocycles. The molecule has 0 radical (unpaired) electrons. The summed E-state index contributed by atoms with van der Waals surface area (Å²) in [7, 11) is 1.39. The molecule has 6 heteroatoms. The molecule has 0 aliphatic carbocycles. The predicted molar refractivity (Wildman–Crippen MR) is 142 cm³/mol. The van der Waals surface area contributed by atoms with E-state index in [-0.39, 0.29) is 5.97 Å². The summed E-state index contributed by atoms with van der Waals surface area (Å²) in [5.74, 6) is 0.522. The summed E-state index contributed by atoms with van der Waals surface area (Å²) >= 11 is 0. The van der Waals surface area contributed by atoms with Gasteiger partial charge < -0.3 is 9.47 Å². The average Bonchev–Trinajstić information content (AvgIpc) is 3.40. The molecule has 6 nitrogen and oxygen atoms in total. The van der Waals surface area contributed by atoms with Crippen LogP contribution in [0.15, 0.2) is 84.9 Å². The highest BCUT2D eigenvalue weighted by Crippen LogP contribution is 2.30. The lowest BCUT2D eigenvalue weighted by atomic mass is 10.1. The van der Waals surface area contributed by atoms with Crippen LogP contribution in [0.25, 0.3) is 28.2 Å². The van der Waals surface area contributed by atoms with E-state index in [0.29, 0.717) is 12.2 Å². The van der Waals surface area contributed by atoms with E-state index in [0.717, 1.165) is 40.5 Å². The molecule has 0 amide bonds. The highest BCUT2D eigenvalue weighted by Gasteiger charge is 2.15. The summed E-state index contributed by atoms with van der Waals surface area (Å²) in [6.45, 7) is 4.04. The van der Waals surface area contributed by atoms with Gasteiger partial charge in [0.15, 0.2) is 0 Å². The Balaban J connectivity index is 1.37. The first-order chi connectivity index (χ1) is 17.7. The number of benzene rings is 3. The molecule has 1 aliphatic heterocycles. The Morgan fingerprint density at radius 3 is 2.25 bits per heavy atom. The van der Waals surface area contributed by atoms with Crippen molar-refractivity contribution in [2.75, 3.05) is 33.4 Å². The SMILES string of the molecule is COC(=O)c1ccc(-c2cc(-c3ccc(OCCN4CCCCC4)cc3)nn2-c2ccccc2)cc1. The molecule has 0 spiro atoms. The fraction of sp³-hybridized carbons (Fsp3) is 0.267. The minimum Gasteiger partial charge on any atom is -0.492 e. The summed E-state index contributed by atoms with van der Waals surface area (Å²) < 4.78 is 12.8. The van der Waals surface area contributed by atoms with Crippen molar-refractivity contribution >= 4 is 5.97 Å². The molecular formula is C30H31N3O3. The Morgan fingerprint density at radius 1 is 0.861 bits per heavy atom. The van der Waals surface area contributed by atoms with E-state index in [2.05, 4.69) is 23.1 Å². The Labute approximate surface area is 212 Å². The summed E-state index contributed by atoms with van der Waals surface area (Å²) in [5.41, 5.74) is 5.26. The van der Waals surface area contributed by atoms with E-state index in [1.807, 2.05) is 59.3 Å². The van der Waals surface area contributed by atoms with Crippen LogP contribution in [0, 0.1) is 0 Å². The van der Waals surface area contributed by atoms with Gasteiger partial charge in [-0.2, -0.15) is 5.10 Å². The zero-order valence-electron chi connectivity index (χ0n) is 20.6. The van der Waals surface area contributed by atoms with Crippen molar-refractivity contribution in [1.29, 1.82) is 0 Å². The Bertz CT molecular complexity index is 1280. The number of piperidine rings is 1. The number of esters is 1. The lowest BCUT2D eigenvalue weighted by Crippen LogP contribution is -2.33. The van der Waals surface area contributed by atoms with Gasteiger partial charge in [-0.25, -0.2) is 9.48 Å². The van der Waals surface area contributed by atoms with Gasteiger partial charge in [0, 0.05) is 17.7 Å². The number of carbonyl (C=O) groups excluding carboxylic acids is 1. The number of methoxy groups -OCH3 is 1. The zero-order chi connectivity index (χ0) is 24.7. The van der Waals surface area contributed by atoms with Gasteiger partial charge >= 0.3 is 5.97 Å². The first-order valence-corrected chi connectivity index (χ1v) is 12.5. The quantitative estimate of drug-likeness (QED) is 0.295. The molecule has 1 fully saturated rings. The van der Waals surface area contributed by atoms with Gasteiger partial charge in [0.05, 0.1) is 29.7 Å². The van der Waals surface area contributed by atoms with Crippen molar-refractivity contribution in [1.82, 2.24) is 14.7 Å². The Morgan fingerprint density at radius 2 is 1.56 bits per heavy atom. The van der Waals surface area contributed by atoms with Crippen molar-refractivity contribution < 1.29 is 14.3 Å². The zero-order valence-corrected chi connectivity index (χ0v) is 20.6. The van der Waals surface area contributed by atoms with Gasteiger partial charge in [-0.3, -0.25) is 4.90 Å². The minimum atomic E-state index is -0.350. The third-order valence-electron chi connectivity index (χ3n) is 6.59. The van der Waals surface area contributed by atoms with Crippen LogP contribution >= 0.6 is 0 Å². The van der Waals surface area contributed by atoms with Crippen LogP contribution < -0.4 is 4.74 Å². The smallest absolute Gasteiger partial charge is 0.337 e. The third kappa shape index (κ3) is 5.50. The van der Waals surface area contributed by atoms with Crippen LogP contribution in [0.5, 0.6) is 5.75 Å². The molecule has 0 bridgehead atoms. The molecule has 1 saturated heterocycles. The van der Waals surface area contributed by atoms with E-state index in [4.69, 9.17) is 14.6 Å². The third-order valence-corrected chi connectivity index (χ3v) is 6.59. The normalized spacial score (nSPS) is 13.9. The highest BCUT2D eigenvalue weighted by atomic mass is 16.5. The second-order valence-electron chi connectivity index (χ2n) is 9.01. The number of ether oxygens (including phenoxy) is 2. The molecular weight excluding hydrogens is 450 g/mol. The summed E-state index contributed by atoms with van der Waals surface area (Å²) in [6.07, 6.45) is 3.93. The van der Waals surface area contributed by atoms with Crippen molar-refractivity contribution in [3.63, 3.8) is 0 Å². The average molecular weight is 482 g/mol. The van der Waals surface area contributed by atoms with E-state index in [9.17, 15) is 4.79 Å². The number of nitrogens with zero attached hydrogens (tertiary/aromatic N) is 3. The number of carbonyl (C=O) groups is 1. The number of hydrogen-bond acceptors (Lipinski definition) is 5. The molecule has 2 heterocycles. The van der Waals surface area contributed by atoms with Crippen LogP contribution in [0.3, 0.4) is 0 Å². The Kier molecular flexibility index (Phi) is 7.43. The maximum atomic E-state index is 11.9. The van der Waals surface area contributed by atoms with Gasteiger partial charge in [-0.1, -0.05) is 36.8 Å². The molecule has 1 aliphatic rings. The Hall–Kier alpha value is -3.90. The second-order valence-corrected chi connectivity index (χ2v) is 9.01. The molecule has 0 N–H and O–H groups in total. The van der Waals surface area contributed by atoms with Crippen molar-refractivity contribution in [3.05, 3.63) is 90.5 Å². The molecule has 184 valence electrons. The monoisotopic (exact) mass is 481 g/mol. The molecule has 0 saturated carbocycles. The lowest BCUT2D eigenvalue weighted by molar-refractivity contribution is 0.0600.